The van der Waals surface area contributed by atoms with Gasteiger partial charge in [0.15, 0.2) is 0 Å². The second kappa shape index (κ2) is 8.53. The van der Waals surface area contributed by atoms with Crippen molar-refractivity contribution in [1.82, 2.24) is 0 Å². The molecule has 0 atom stereocenters. The predicted octanol–water partition coefficient (Wildman–Crippen LogP) is 3.63. The molecule has 0 bridgehead atoms. The van der Waals surface area contributed by atoms with E-state index in [1.54, 1.807) is 18.2 Å². The van der Waals surface area contributed by atoms with Gasteiger partial charge in [0, 0.05) is 16.9 Å². The first kappa shape index (κ1) is 18.0. The van der Waals surface area contributed by atoms with Gasteiger partial charge in [-0.2, -0.15) is 0 Å². The number of anilines is 2. The Kier molecular flexibility index (Phi) is 5.69. The van der Waals surface area contributed by atoms with E-state index in [1.807, 2.05) is 54.6 Å². The number of para-hydroxylation sites is 1. The summed E-state index contributed by atoms with van der Waals surface area (Å²) in [5, 5.41) is 5.75. The maximum Gasteiger partial charge on any atom is 0.248 e. The van der Waals surface area contributed by atoms with Crippen molar-refractivity contribution in [2.45, 2.75) is 0 Å². The summed E-state index contributed by atoms with van der Waals surface area (Å²) in [6, 6.07) is 23.3. The summed E-state index contributed by atoms with van der Waals surface area (Å²) in [4.78, 5) is 23.2. The molecule has 0 aliphatic carbocycles. The Bertz CT molecular complexity index is 925. The molecule has 0 fully saturated rings. The highest BCUT2D eigenvalue weighted by atomic mass is 16.5. The fraction of sp³-hybridized carbons (Fsp3) is 0.0476. The molecule has 6 nitrogen and oxygen atoms in total. The SMILES string of the molecule is NC(=O)c1cccc(NC(=O)CNc2ccc(Oc3ccccc3)cc2)c1. The van der Waals surface area contributed by atoms with Crippen molar-refractivity contribution < 1.29 is 14.3 Å². The molecular weight excluding hydrogens is 342 g/mol. The van der Waals surface area contributed by atoms with Crippen LogP contribution < -0.4 is 21.1 Å². The molecule has 0 aliphatic rings. The van der Waals surface area contributed by atoms with Gasteiger partial charge in [-0.3, -0.25) is 9.59 Å². The van der Waals surface area contributed by atoms with Crippen LogP contribution in [0, 0.1) is 0 Å². The van der Waals surface area contributed by atoms with Gasteiger partial charge in [0.25, 0.3) is 0 Å². The first-order chi connectivity index (χ1) is 13.1. The number of nitrogens with one attached hydrogen (secondary N) is 2. The van der Waals surface area contributed by atoms with Crippen molar-refractivity contribution in [2.24, 2.45) is 5.73 Å². The Morgan fingerprint density at radius 2 is 1.52 bits per heavy atom. The van der Waals surface area contributed by atoms with Gasteiger partial charge in [0.1, 0.15) is 11.5 Å². The van der Waals surface area contributed by atoms with E-state index >= 15 is 0 Å². The first-order valence-corrected chi connectivity index (χ1v) is 8.37. The molecule has 3 aromatic rings. The van der Waals surface area contributed by atoms with Crippen molar-refractivity contribution in [2.75, 3.05) is 17.2 Å². The first-order valence-electron chi connectivity index (χ1n) is 8.37. The minimum atomic E-state index is -0.540. The minimum absolute atomic E-state index is 0.0830. The van der Waals surface area contributed by atoms with E-state index in [-0.39, 0.29) is 12.5 Å². The molecule has 0 unspecified atom stereocenters. The van der Waals surface area contributed by atoms with Crippen molar-refractivity contribution >= 4 is 23.2 Å². The summed E-state index contributed by atoms with van der Waals surface area (Å²) in [6.07, 6.45) is 0. The molecule has 0 aliphatic heterocycles. The number of hydrogen-bond donors (Lipinski definition) is 3. The number of primary amides is 1. The van der Waals surface area contributed by atoms with Gasteiger partial charge < -0.3 is 21.1 Å². The van der Waals surface area contributed by atoms with Crippen molar-refractivity contribution in [3.8, 4) is 11.5 Å². The quantitative estimate of drug-likeness (QED) is 0.599. The van der Waals surface area contributed by atoms with Crippen molar-refractivity contribution in [1.29, 1.82) is 0 Å². The molecule has 0 saturated heterocycles. The lowest BCUT2D eigenvalue weighted by molar-refractivity contribution is -0.114. The minimum Gasteiger partial charge on any atom is -0.457 e. The van der Waals surface area contributed by atoms with Gasteiger partial charge in [-0.1, -0.05) is 24.3 Å². The third-order valence-electron chi connectivity index (χ3n) is 3.72. The van der Waals surface area contributed by atoms with Crippen LogP contribution >= 0.6 is 0 Å². The van der Waals surface area contributed by atoms with Gasteiger partial charge in [0.05, 0.1) is 6.54 Å². The molecule has 3 aromatic carbocycles. The molecule has 0 saturated carbocycles. The van der Waals surface area contributed by atoms with Crippen LogP contribution in [0.4, 0.5) is 11.4 Å². The standard InChI is InChI=1S/C21H19N3O3/c22-21(26)15-5-4-6-17(13-15)24-20(25)14-23-16-9-11-19(12-10-16)27-18-7-2-1-3-8-18/h1-13,23H,14H2,(H2,22,26)(H,24,25). The van der Waals surface area contributed by atoms with Crippen LogP contribution in [0.5, 0.6) is 11.5 Å². The number of benzene rings is 3. The summed E-state index contributed by atoms with van der Waals surface area (Å²) >= 11 is 0. The maximum absolute atomic E-state index is 12.1. The molecule has 136 valence electrons. The molecule has 0 radical (unpaired) electrons. The fourth-order valence-electron chi connectivity index (χ4n) is 2.40. The number of hydrogen-bond acceptors (Lipinski definition) is 4. The highest BCUT2D eigenvalue weighted by molar-refractivity contribution is 5.97. The zero-order valence-electron chi connectivity index (χ0n) is 14.5. The number of ether oxygens (including phenoxy) is 1. The Labute approximate surface area is 157 Å². The maximum atomic E-state index is 12.1. The van der Waals surface area contributed by atoms with E-state index in [2.05, 4.69) is 10.6 Å². The highest BCUT2D eigenvalue weighted by Crippen LogP contribution is 2.22. The van der Waals surface area contributed by atoms with Crippen LogP contribution in [0.3, 0.4) is 0 Å². The molecule has 0 aromatic heterocycles. The molecule has 2 amide bonds. The zero-order valence-corrected chi connectivity index (χ0v) is 14.5. The Balaban J connectivity index is 1.51. The third-order valence-corrected chi connectivity index (χ3v) is 3.72. The van der Waals surface area contributed by atoms with Crippen LogP contribution in [0.25, 0.3) is 0 Å². The van der Waals surface area contributed by atoms with Crippen molar-refractivity contribution in [3.63, 3.8) is 0 Å². The van der Waals surface area contributed by atoms with E-state index < -0.39 is 5.91 Å². The summed E-state index contributed by atoms with van der Waals surface area (Å²) in [5.41, 5.74) is 6.88. The number of amides is 2. The average molecular weight is 361 g/mol. The third kappa shape index (κ3) is 5.34. The average Bonchev–Trinajstić information content (AvgIpc) is 2.68. The molecule has 0 heterocycles. The molecule has 0 spiro atoms. The molecule has 4 N–H and O–H groups in total. The summed E-state index contributed by atoms with van der Waals surface area (Å²) in [6.45, 7) is 0.0830. The van der Waals surface area contributed by atoms with Crippen LogP contribution in [0.15, 0.2) is 78.9 Å². The fourth-order valence-corrected chi connectivity index (χ4v) is 2.40. The molecule has 6 heteroatoms. The number of carbonyl (C=O) groups excluding carboxylic acids is 2. The second-order valence-corrected chi connectivity index (χ2v) is 5.79. The predicted molar refractivity (Wildman–Crippen MR) is 105 cm³/mol. The van der Waals surface area contributed by atoms with E-state index in [0.29, 0.717) is 17.0 Å². The Morgan fingerprint density at radius 1 is 0.815 bits per heavy atom. The molecule has 27 heavy (non-hydrogen) atoms. The number of rotatable bonds is 7. The van der Waals surface area contributed by atoms with E-state index in [9.17, 15) is 9.59 Å². The van der Waals surface area contributed by atoms with Crippen LogP contribution in [0.1, 0.15) is 10.4 Å². The largest absolute Gasteiger partial charge is 0.457 e. The van der Waals surface area contributed by atoms with Gasteiger partial charge in [-0.05, 0) is 54.6 Å². The Hall–Kier alpha value is -3.80. The smallest absolute Gasteiger partial charge is 0.248 e. The van der Waals surface area contributed by atoms with Crippen LogP contribution in [0.2, 0.25) is 0 Å². The van der Waals surface area contributed by atoms with E-state index in [1.165, 1.54) is 6.07 Å². The summed E-state index contributed by atoms with van der Waals surface area (Å²) < 4.78 is 5.72. The lowest BCUT2D eigenvalue weighted by Gasteiger charge is -2.10. The van der Waals surface area contributed by atoms with Gasteiger partial charge in [-0.15, -0.1) is 0 Å². The van der Waals surface area contributed by atoms with Gasteiger partial charge in [0.2, 0.25) is 11.8 Å². The Morgan fingerprint density at radius 3 is 2.22 bits per heavy atom. The highest BCUT2D eigenvalue weighted by Gasteiger charge is 2.05. The van der Waals surface area contributed by atoms with Crippen LogP contribution in [-0.2, 0) is 4.79 Å². The van der Waals surface area contributed by atoms with Crippen LogP contribution in [-0.4, -0.2) is 18.4 Å². The van der Waals surface area contributed by atoms with Gasteiger partial charge in [-0.25, -0.2) is 0 Å². The topological polar surface area (TPSA) is 93.5 Å². The second-order valence-electron chi connectivity index (χ2n) is 5.79. The molecule has 3 rings (SSSR count). The molecular formula is C21H19N3O3. The number of carbonyl (C=O) groups is 2. The lowest BCUT2D eigenvalue weighted by atomic mass is 10.2. The van der Waals surface area contributed by atoms with E-state index in [4.69, 9.17) is 10.5 Å². The number of nitrogens with two attached hydrogens (primary N) is 1. The normalized spacial score (nSPS) is 10.1. The van der Waals surface area contributed by atoms with Gasteiger partial charge >= 0.3 is 0 Å². The monoisotopic (exact) mass is 361 g/mol. The summed E-state index contributed by atoms with van der Waals surface area (Å²) in [5.74, 6) is 0.693. The zero-order chi connectivity index (χ0) is 19.1. The van der Waals surface area contributed by atoms with E-state index in [0.717, 1.165) is 11.4 Å². The summed E-state index contributed by atoms with van der Waals surface area (Å²) in [7, 11) is 0. The van der Waals surface area contributed by atoms with Crippen molar-refractivity contribution in [3.05, 3.63) is 84.4 Å². The lowest BCUT2D eigenvalue weighted by Crippen LogP contribution is -2.22.